The minimum Gasteiger partial charge on any atom is -0.457 e. The molecule has 0 aromatic carbocycles. The number of ether oxygens (including phenoxy) is 4. The molecule has 0 unspecified atom stereocenters. The fraction of sp³-hybridized carbons (Fsp3) is 0.846. The molecule has 0 spiro atoms. The van der Waals surface area contributed by atoms with Gasteiger partial charge in [-0.1, -0.05) is 107 Å². The highest BCUT2D eigenvalue weighted by atomic mass is 28.4. The number of allylic oxidation sites excluding steroid dienone is 2. The van der Waals surface area contributed by atoms with Crippen LogP contribution >= 0.6 is 0 Å². The van der Waals surface area contributed by atoms with Gasteiger partial charge in [0.2, 0.25) is 0 Å². The van der Waals surface area contributed by atoms with E-state index in [2.05, 4.69) is 107 Å². The molecule has 0 aliphatic carbocycles. The van der Waals surface area contributed by atoms with E-state index < -0.39 is 54.5 Å². The van der Waals surface area contributed by atoms with Gasteiger partial charge in [0, 0.05) is 51.6 Å². The monoisotopic (exact) mass is 981 g/mol. The summed E-state index contributed by atoms with van der Waals surface area (Å²) in [6.45, 7) is 34.3. The number of nitrogens with zero attached hydrogens (tertiary/aromatic N) is 1. The first kappa shape index (κ1) is 60.5. The number of rotatable bonds is 28. The van der Waals surface area contributed by atoms with Gasteiger partial charge in [0.05, 0.1) is 30.3 Å². The highest BCUT2D eigenvalue weighted by Crippen LogP contribution is 2.43. The van der Waals surface area contributed by atoms with Crippen molar-refractivity contribution in [1.82, 2.24) is 10.2 Å². The van der Waals surface area contributed by atoms with Crippen molar-refractivity contribution in [3.05, 3.63) is 36.0 Å². The van der Waals surface area contributed by atoms with Crippen LogP contribution in [-0.4, -0.2) is 124 Å². The number of esters is 1. The Bertz CT molecular complexity index is 1510. The second kappa shape index (κ2) is 28.3. The average molecular weight is 982 g/mol. The van der Waals surface area contributed by atoms with E-state index in [4.69, 9.17) is 32.2 Å². The molecule has 1 fully saturated rings. The van der Waals surface area contributed by atoms with E-state index in [0.29, 0.717) is 31.8 Å². The van der Waals surface area contributed by atoms with Gasteiger partial charge in [-0.2, -0.15) is 0 Å². The van der Waals surface area contributed by atoms with Crippen LogP contribution < -0.4 is 5.32 Å². The van der Waals surface area contributed by atoms with Gasteiger partial charge in [-0.25, -0.2) is 4.79 Å². The van der Waals surface area contributed by atoms with Gasteiger partial charge in [0.1, 0.15) is 11.7 Å². The van der Waals surface area contributed by atoms with Crippen LogP contribution in [0.5, 0.6) is 0 Å². The maximum Gasteiger partial charge on any atom is 0.410 e. The minimum atomic E-state index is -2.11. The van der Waals surface area contributed by atoms with Crippen molar-refractivity contribution in [3.63, 3.8) is 0 Å². The Labute approximate surface area is 407 Å². The van der Waals surface area contributed by atoms with Crippen molar-refractivity contribution in [3.8, 4) is 0 Å². The predicted molar refractivity (Wildman–Crippen MR) is 281 cm³/mol. The topological polar surface area (TPSA) is 117 Å². The molecule has 2 aliphatic heterocycles. The number of hydrogen-bond donors (Lipinski definition) is 1. The lowest BCUT2D eigenvalue weighted by Crippen LogP contribution is -2.47. The van der Waals surface area contributed by atoms with Crippen molar-refractivity contribution in [2.24, 2.45) is 11.8 Å². The van der Waals surface area contributed by atoms with Crippen LogP contribution in [0.15, 0.2) is 36.0 Å². The molecular formula is C52H100N2O9Si3. The molecule has 0 radical (unpaired) electrons. The Balaban J connectivity index is 2.62. The molecule has 0 aromatic heterocycles. The van der Waals surface area contributed by atoms with E-state index in [0.717, 1.165) is 72.8 Å². The van der Waals surface area contributed by atoms with Crippen LogP contribution in [0.2, 0.25) is 54.4 Å². The first-order valence-electron chi connectivity index (χ1n) is 26.3. The van der Waals surface area contributed by atoms with E-state index in [-0.39, 0.29) is 42.7 Å². The van der Waals surface area contributed by atoms with Crippen LogP contribution in [0.25, 0.3) is 0 Å². The zero-order valence-electron chi connectivity index (χ0n) is 45.4. The third-order valence-electron chi connectivity index (χ3n) is 16.0. The highest BCUT2D eigenvalue weighted by molar-refractivity contribution is 6.74. The third kappa shape index (κ3) is 17.1. The zero-order valence-corrected chi connectivity index (χ0v) is 48.4. The quantitative estimate of drug-likeness (QED) is 0.0267. The summed E-state index contributed by atoms with van der Waals surface area (Å²) in [4.78, 5) is 29.2. The first-order chi connectivity index (χ1) is 31.2. The van der Waals surface area contributed by atoms with E-state index in [1.165, 1.54) is 0 Å². The molecule has 384 valence electrons. The molecule has 11 nitrogen and oxygen atoms in total. The summed E-state index contributed by atoms with van der Waals surface area (Å²) in [6, 6.07) is 9.44. The molecule has 0 bridgehead atoms. The van der Waals surface area contributed by atoms with E-state index in [1.54, 1.807) is 19.1 Å². The van der Waals surface area contributed by atoms with Gasteiger partial charge in [0.25, 0.3) is 0 Å². The Hall–Kier alpha value is -1.63. The summed E-state index contributed by atoms with van der Waals surface area (Å²) in [5.74, 6) is -0.246. The number of likely N-dealkylation sites (N-methyl/N-ethyl adjacent to an activating group) is 2. The first-order valence-corrected chi connectivity index (χ1v) is 33.8. The Morgan fingerprint density at radius 3 is 2.05 bits per heavy atom. The van der Waals surface area contributed by atoms with Crippen molar-refractivity contribution in [1.29, 1.82) is 0 Å². The molecule has 1 amide bonds. The lowest BCUT2D eigenvalue weighted by atomic mass is 9.88. The van der Waals surface area contributed by atoms with Crippen molar-refractivity contribution in [2.75, 3.05) is 34.3 Å². The summed E-state index contributed by atoms with van der Waals surface area (Å²) in [5.41, 5.74) is -0.534. The largest absolute Gasteiger partial charge is 0.457 e. The van der Waals surface area contributed by atoms with E-state index >= 15 is 0 Å². The maximum atomic E-state index is 14.1. The van der Waals surface area contributed by atoms with Crippen LogP contribution in [-0.2, 0) is 37.0 Å². The van der Waals surface area contributed by atoms with Gasteiger partial charge < -0.3 is 42.4 Å². The van der Waals surface area contributed by atoms with Gasteiger partial charge in [-0.3, -0.25) is 4.79 Å². The normalized spacial score (nSPS) is 27.3. The molecule has 0 saturated carbocycles. The second-order valence-corrected chi connectivity index (χ2v) is 34.3. The number of nitrogens with one attached hydrogen (secondary N) is 1. The Kier molecular flexibility index (Phi) is 25.9. The number of cyclic esters (lactones) is 1. The average Bonchev–Trinajstić information content (AvgIpc) is 4.09. The third-order valence-corrected chi connectivity index (χ3v) is 30.2. The van der Waals surface area contributed by atoms with Crippen molar-refractivity contribution in [2.45, 2.75) is 238 Å². The van der Waals surface area contributed by atoms with E-state index in [1.807, 2.05) is 40.0 Å². The molecule has 2 heterocycles. The number of hydrogen-bond acceptors (Lipinski definition) is 10. The molecule has 10 atom stereocenters. The van der Waals surface area contributed by atoms with Gasteiger partial charge >= 0.3 is 12.1 Å². The Morgan fingerprint density at radius 1 is 0.955 bits per heavy atom. The molecule has 1 N–H and O–H groups in total. The summed E-state index contributed by atoms with van der Waals surface area (Å²) in [5, 5.41) is 3.10. The predicted octanol–water partition coefficient (Wildman–Crippen LogP) is 12.6. The lowest BCUT2D eigenvalue weighted by molar-refractivity contribution is -0.151. The lowest BCUT2D eigenvalue weighted by Gasteiger charge is -2.39. The van der Waals surface area contributed by atoms with Crippen LogP contribution in [0.4, 0.5) is 4.79 Å². The minimum absolute atomic E-state index is 0.0843. The standard InChI is InChI=1S/C52H100N2O9Si3/c1-19-44(62-65(23-5,24-6)25-7)42(13)49-45(58-49)39-51(14,63-66(26-8,27-9)28-10)34-29-30-40(11)48-41(12)31-32-46(59-50(56)54(17)37-36-53-16)52(15,57-18)35-33-43(38-47(55)60-48)61-64(20-2,21-3)22-4/h29-32,34,41-46,48-49,53H,19-28,33,35-39H2,1-18H3/b32-31-,34-29+,40-30+/t41-,42+,43+,44-,45+,46-,48+,49+,51-,52+/m0/s1. The van der Waals surface area contributed by atoms with E-state index in [9.17, 15) is 9.59 Å². The van der Waals surface area contributed by atoms with Gasteiger partial charge in [0.15, 0.2) is 31.1 Å². The summed E-state index contributed by atoms with van der Waals surface area (Å²) in [6.07, 6.45) is 11.6. The fourth-order valence-corrected chi connectivity index (χ4v) is 19.1. The molecule has 0 aromatic rings. The number of carbonyl (C=O) groups excluding carboxylic acids is 2. The molecule has 1 saturated heterocycles. The smallest absolute Gasteiger partial charge is 0.410 e. The Morgan fingerprint density at radius 2 is 1.53 bits per heavy atom. The molecule has 2 aliphatic rings. The summed E-state index contributed by atoms with van der Waals surface area (Å²) >= 11 is 0. The van der Waals surface area contributed by atoms with Crippen molar-refractivity contribution < 1.29 is 41.8 Å². The fourth-order valence-electron chi connectivity index (χ4n) is 10.0. The molecule has 66 heavy (non-hydrogen) atoms. The molecule has 2 rings (SSSR count). The second-order valence-electron chi connectivity index (χ2n) is 20.2. The highest BCUT2D eigenvalue weighted by Gasteiger charge is 2.51. The van der Waals surface area contributed by atoms with Crippen LogP contribution in [0.3, 0.4) is 0 Å². The summed E-state index contributed by atoms with van der Waals surface area (Å²) < 4.78 is 47.0. The van der Waals surface area contributed by atoms with Gasteiger partial charge in [-0.05, 0) is 113 Å². The number of amides is 1. The summed E-state index contributed by atoms with van der Waals surface area (Å²) in [7, 11) is -0.657. The SMILES string of the molecule is CC[C@H](O[Si](CC)(CC)CC)[C@@H](C)[C@H]1O[C@@H]1C[C@](C)(/C=C/C=C(\C)[C@H]1OC(=O)C[C@H](O[Si](CC)(CC)CC)CC[C@@](C)(OC)[C@@H](OC(=O)N(C)CCNC)/C=C\[C@@H]1C)O[Si](CC)(CC)CC. The number of epoxide rings is 1. The number of carbonyl (C=O) groups is 2. The van der Waals surface area contributed by atoms with Gasteiger partial charge in [-0.15, -0.1) is 0 Å². The zero-order chi connectivity index (χ0) is 49.9. The van der Waals surface area contributed by atoms with Crippen LogP contribution in [0, 0.1) is 11.8 Å². The molecular weight excluding hydrogens is 881 g/mol. The van der Waals surface area contributed by atoms with Crippen molar-refractivity contribution >= 4 is 37.0 Å². The maximum absolute atomic E-state index is 14.1. The van der Waals surface area contributed by atoms with Crippen LogP contribution in [0.1, 0.15) is 136 Å². The molecule has 14 heteroatoms. The number of methoxy groups -OCH3 is 1.